The first-order valence-electron chi connectivity index (χ1n) is 7.03. The molecular formula is C16H26N2O. The van der Waals surface area contributed by atoms with E-state index in [1.54, 1.807) is 6.92 Å². The van der Waals surface area contributed by atoms with Crippen molar-refractivity contribution in [2.75, 3.05) is 0 Å². The van der Waals surface area contributed by atoms with Crippen molar-refractivity contribution in [3.05, 3.63) is 35.4 Å². The van der Waals surface area contributed by atoms with E-state index in [9.17, 15) is 4.79 Å². The minimum atomic E-state index is -0.771. The quantitative estimate of drug-likeness (QED) is 0.828. The fraction of sp³-hybridized carbons (Fsp3) is 0.562. The van der Waals surface area contributed by atoms with Crippen molar-refractivity contribution in [2.45, 2.75) is 58.5 Å². The van der Waals surface area contributed by atoms with Gasteiger partial charge in [0.25, 0.3) is 0 Å². The molecule has 19 heavy (non-hydrogen) atoms. The van der Waals surface area contributed by atoms with Gasteiger partial charge in [0.05, 0.1) is 5.54 Å². The van der Waals surface area contributed by atoms with Gasteiger partial charge < -0.3 is 11.1 Å². The standard InChI is InChI=1S/C16H26N2O/c1-5-10-16(4,17)15(19)18-11-13-6-8-14(9-7-13)12(2)3/h6-9,12H,5,10-11,17H2,1-4H3,(H,18,19). The van der Waals surface area contributed by atoms with E-state index in [0.717, 1.165) is 12.0 Å². The van der Waals surface area contributed by atoms with Crippen molar-refractivity contribution < 1.29 is 4.79 Å². The number of nitrogens with two attached hydrogens (primary N) is 1. The SMILES string of the molecule is CCCC(C)(N)C(=O)NCc1ccc(C(C)C)cc1. The van der Waals surface area contributed by atoms with E-state index in [2.05, 4.69) is 43.4 Å². The molecule has 0 fully saturated rings. The Labute approximate surface area is 116 Å². The zero-order valence-corrected chi connectivity index (χ0v) is 12.5. The van der Waals surface area contributed by atoms with Crippen molar-refractivity contribution in [2.24, 2.45) is 5.73 Å². The van der Waals surface area contributed by atoms with E-state index >= 15 is 0 Å². The molecule has 0 aliphatic heterocycles. The Morgan fingerprint density at radius 3 is 2.37 bits per heavy atom. The molecule has 1 atom stereocenters. The van der Waals surface area contributed by atoms with Crippen molar-refractivity contribution in [3.63, 3.8) is 0 Å². The fourth-order valence-electron chi connectivity index (χ4n) is 2.04. The zero-order chi connectivity index (χ0) is 14.5. The zero-order valence-electron chi connectivity index (χ0n) is 12.5. The van der Waals surface area contributed by atoms with Gasteiger partial charge in [-0.15, -0.1) is 0 Å². The summed E-state index contributed by atoms with van der Waals surface area (Å²) in [6, 6.07) is 8.34. The van der Waals surface area contributed by atoms with Crippen LogP contribution in [0.2, 0.25) is 0 Å². The number of nitrogens with one attached hydrogen (secondary N) is 1. The summed E-state index contributed by atoms with van der Waals surface area (Å²) in [4.78, 5) is 12.0. The highest BCUT2D eigenvalue weighted by Crippen LogP contribution is 2.15. The van der Waals surface area contributed by atoms with Gasteiger partial charge in [0.1, 0.15) is 0 Å². The van der Waals surface area contributed by atoms with Gasteiger partial charge in [-0.3, -0.25) is 4.79 Å². The lowest BCUT2D eigenvalue weighted by Gasteiger charge is -2.22. The van der Waals surface area contributed by atoms with Gasteiger partial charge in [-0.25, -0.2) is 0 Å². The van der Waals surface area contributed by atoms with Crippen molar-refractivity contribution in [3.8, 4) is 0 Å². The summed E-state index contributed by atoms with van der Waals surface area (Å²) in [5.41, 5.74) is 7.63. The number of hydrogen-bond donors (Lipinski definition) is 2. The molecule has 1 rings (SSSR count). The topological polar surface area (TPSA) is 55.1 Å². The summed E-state index contributed by atoms with van der Waals surface area (Å²) in [5.74, 6) is 0.447. The first-order valence-corrected chi connectivity index (χ1v) is 7.03. The summed E-state index contributed by atoms with van der Waals surface area (Å²) < 4.78 is 0. The Kier molecular flexibility index (Phi) is 5.55. The fourth-order valence-corrected chi connectivity index (χ4v) is 2.04. The molecule has 3 heteroatoms. The largest absolute Gasteiger partial charge is 0.350 e. The molecule has 0 aliphatic carbocycles. The number of amides is 1. The summed E-state index contributed by atoms with van der Waals surface area (Å²) in [5, 5.41) is 2.91. The third kappa shape index (κ3) is 4.67. The molecule has 0 saturated heterocycles. The Balaban J connectivity index is 2.55. The van der Waals surface area contributed by atoms with Crippen molar-refractivity contribution in [1.82, 2.24) is 5.32 Å². The second-order valence-corrected chi connectivity index (χ2v) is 5.75. The van der Waals surface area contributed by atoms with Crippen LogP contribution in [-0.4, -0.2) is 11.4 Å². The summed E-state index contributed by atoms with van der Waals surface area (Å²) >= 11 is 0. The van der Waals surface area contributed by atoms with E-state index in [4.69, 9.17) is 5.73 Å². The highest BCUT2D eigenvalue weighted by Gasteiger charge is 2.26. The summed E-state index contributed by atoms with van der Waals surface area (Å²) in [6.07, 6.45) is 1.61. The lowest BCUT2D eigenvalue weighted by molar-refractivity contribution is -0.126. The lowest BCUT2D eigenvalue weighted by Crippen LogP contribution is -2.51. The number of hydrogen-bond acceptors (Lipinski definition) is 2. The first kappa shape index (κ1) is 15.7. The monoisotopic (exact) mass is 262 g/mol. The molecule has 106 valence electrons. The van der Waals surface area contributed by atoms with Gasteiger partial charge >= 0.3 is 0 Å². The summed E-state index contributed by atoms with van der Waals surface area (Å²) in [7, 11) is 0. The molecule has 1 aromatic rings. The predicted octanol–water partition coefficient (Wildman–Crippen LogP) is 2.94. The third-order valence-corrected chi connectivity index (χ3v) is 3.39. The molecule has 0 radical (unpaired) electrons. The Hall–Kier alpha value is -1.35. The van der Waals surface area contributed by atoms with Crippen LogP contribution in [0.15, 0.2) is 24.3 Å². The Bertz CT molecular complexity index is 407. The van der Waals surface area contributed by atoms with E-state index in [-0.39, 0.29) is 5.91 Å². The number of rotatable bonds is 6. The van der Waals surface area contributed by atoms with E-state index < -0.39 is 5.54 Å². The molecule has 3 nitrogen and oxygen atoms in total. The molecule has 1 aromatic carbocycles. The molecule has 0 aromatic heterocycles. The maximum atomic E-state index is 12.0. The molecule has 0 saturated carbocycles. The normalized spacial score (nSPS) is 14.2. The molecule has 1 unspecified atom stereocenters. The van der Waals surface area contributed by atoms with E-state index in [0.29, 0.717) is 18.9 Å². The lowest BCUT2D eigenvalue weighted by atomic mass is 9.96. The summed E-state index contributed by atoms with van der Waals surface area (Å²) in [6.45, 7) is 8.69. The molecular weight excluding hydrogens is 236 g/mol. The molecule has 1 amide bonds. The highest BCUT2D eigenvalue weighted by molar-refractivity contribution is 5.85. The van der Waals surface area contributed by atoms with Gasteiger partial charge in [-0.1, -0.05) is 51.5 Å². The number of benzene rings is 1. The average Bonchev–Trinajstić information content (AvgIpc) is 2.36. The van der Waals surface area contributed by atoms with Crippen LogP contribution < -0.4 is 11.1 Å². The highest BCUT2D eigenvalue weighted by atomic mass is 16.2. The van der Waals surface area contributed by atoms with E-state index in [1.807, 2.05) is 6.92 Å². The first-order chi connectivity index (χ1) is 8.86. The van der Waals surface area contributed by atoms with Crippen LogP contribution in [0.4, 0.5) is 0 Å². The maximum Gasteiger partial charge on any atom is 0.240 e. The Morgan fingerprint density at radius 2 is 1.89 bits per heavy atom. The predicted molar refractivity (Wildman–Crippen MR) is 79.9 cm³/mol. The van der Waals surface area contributed by atoms with Gasteiger partial charge in [0, 0.05) is 6.54 Å². The van der Waals surface area contributed by atoms with Crippen LogP contribution in [0.25, 0.3) is 0 Å². The molecule has 0 bridgehead atoms. The third-order valence-electron chi connectivity index (χ3n) is 3.39. The molecule has 0 heterocycles. The average molecular weight is 262 g/mol. The molecule has 3 N–H and O–H groups in total. The number of carbonyl (C=O) groups is 1. The second kappa shape index (κ2) is 6.71. The number of carbonyl (C=O) groups excluding carboxylic acids is 1. The van der Waals surface area contributed by atoms with E-state index in [1.165, 1.54) is 5.56 Å². The van der Waals surface area contributed by atoms with Gasteiger partial charge in [0.2, 0.25) is 5.91 Å². The van der Waals surface area contributed by atoms with Crippen LogP contribution in [-0.2, 0) is 11.3 Å². The van der Waals surface area contributed by atoms with Crippen molar-refractivity contribution >= 4 is 5.91 Å². The van der Waals surface area contributed by atoms with Crippen LogP contribution in [0.5, 0.6) is 0 Å². The Morgan fingerprint density at radius 1 is 1.32 bits per heavy atom. The minimum Gasteiger partial charge on any atom is -0.350 e. The van der Waals surface area contributed by atoms with Gasteiger partial charge in [-0.2, -0.15) is 0 Å². The van der Waals surface area contributed by atoms with Crippen LogP contribution >= 0.6 is 0 Å². The van der Waals surface area contributed by atoms with Gasteiger partial charge in [0.15, 0.2) is 0 Å². The molecule has 0 aliphatic rings. The van der Waals surface area contributed by atoms with Crippen LogP contribution in [0.1, 0.15) is 57.6 Å². The van der Waals surface area contributed by atoms with Crippen LogP contribution in [0.3, 0.4) is 0 Å². The second-order valence-electron chi connectivity index (χ2n) is 5.75. The minimum absolute atomic E-state index is 0.0812. The maximum absolute atomic E-state index is 12.0. The van der Waals surface area contributed by atoms with Crippen LogP contribution in [0, 0.1) is 0 Å². The van der Waals surface area contributed by atoms with Gasteiger partial charge in [-0.05, 0) is 30.4 Å². The van der Waals surface area contributed by atoms with Crippen molar-refractivity contribution in [1.29, 1.82) is 0 Å². The molecule has 0 spiro atoms. The smallest absolute Gasteiger partial charge is 0.240 e.